The third-order valence-electron chi connectivity index (χ3n) is 3.31. The summed E-state index contributed by atoms with van der Waals surface area (Å²) < 4.78 is 0. The predicted molar refractivity (Wildman–Crippen MR) is 81.5 cm³/mol. The fraction of sp³-hybridized carbons (Fsp3) is 0.533. The molecular weight excluding hydrogens is 288 g/mol. The first-order valence-corrected chi connectivity index (χ1v) is 7.93. The number of hydrogen-bond donors (Lipinski definition) is 2. The molecule has 2 amide bonds. The van der Waals surface area contributed by atoms with E-state index in [-0.39, 0.29) is 37.0 Å². The number of rotatable bonds is 7. The second kappa shape index (κ2) is 6.85. The van der Waals surface area contributed by atoms with E-state index in [1.165, 1.54) is 0 Å². The van der Waals surface area contributed by atoms with Crippen molar-refractivity contribution >= 4 is 28.9 Å². The van der Waals surface area contributed by atoms with E-state index < -0.39 is 0 Å². The number of amides is 2. The van der Waals surface area contributed by atoms with Gasteiger partial charge in [-0.15, -0.1) is 11.3 Å². The zero-order valence-electron chi connectivity index (χ0n) is 12.3. The average Bonchev–Trinajstić information content (AvgIpc) is 3.17. The summed E-state index contributed by atoms with van der Waals surface area (Å²) in [6, 6.07) is 2.16. The molecule has 1 aromatic rings. The molecule has 0 spiro atoms. The lowest BCUT2D eigenvalue weighted by Gasteiger charge is -2.05. The van der Waals surface area contributed by atoms with Gasteiger partial charge >= 0.3 is 0 Å². The Hall–Kier alpha value is -1.69. The Morgan fingerprint density at radius 1 is 1.19 bits per heavy atom. The van der Waals surface area contributed by atoms with Crippen LogP contribution in [0, 0.1) is 13.8 Å². The quantitative estimate of drug-likeness (QED) is 0.753. The van der Waals surface area contributed by atoms with Crippen molar-refractivity contribution in [2.45, 2.75) is 45.6 Å². The van der Waals surface area contributed by atoms with Gasteiger partial charge in [0.2, 0.25) is 11.8 Å². The van der Waals surface area contributed by atoms with Gasteiger partial charge in [0.05, 0.1) is 6.54 Å². The molecule has 0 bridgehead atoms. The second-order valence-corrected chi connectivity index (χ2v) is 6.83. The largest absolute Gasteiger partial charge is 0.352 e. The minimum atomic E-state index is -0.265. The molecule has 6 heteroatoms. The van der Waals surface area contributed by atoms with Crippen LogP contribution in [0.3, 0.4) is 0 Å². The third-order valence-corrected chi connectivity index (χ3v) is 4.28. The Balaban J connectivity index is 1.69. The van der Waals surface area contributed by atoms with Gasteiger partial charge in [-0.05, 0) is 32.8 Å². The summed E-state index contributed by atoms with van der Waals surface area (Å²) in [5.74, 6) is -0.449. The zero-order valence-corrected chi connectivity index (χ0v) is 13.1. The van der Waals surface area contributed by atoms with Gasteiger partial charge in [0.1, 0.15) is 0 Å². The molecule has 1 aliphatic rings. The van der Waals surface area contributed by atoms with E-state index in [0.29, 0.717) is 11.6 Å². The van der Waals surface area contributed by atoms with Crippen LogP contribution in [-0.4, -0.2) is 30.2 Å². The van der Waals surface area contributed by atoms with E-state index in [9.17, 15) is 14.4 Å². The molecule has 1 aromatic heterocycles. The van der Waals surface area contributed by atoms with Gasteiger partial charge < -0.3 is 10.6 Å². The summed E-state index contributed by atoms with van der Waals surface area (Å²) in [4.78, 5) is 37.2. The summed E-state index contributed by atoms with van der Waals surface area (Å²) >= 11 is 1.58. The van der Waals surface area contributed by atoms with E-state index in [2.05, 4.69) is 10.6 Å². The van der Waals surface area contributed by atoms with Crippen molar-refractivity contribution < 1.29 is 14.4 Å². The van der Waals surface area contributed by atoms with E-state index in [1.54, 1.807) is 11.3 Å². The molecule has 5 nitrogen and oxygen atoms in total. The molecule has 0 unspecified atom stereocenters. The molecule has 0 radical (unpaired) electrons. The maximum Gasteiger partial charge on any atom is 0.239 e. The van der Waals surface area contributed by atoms with Crippen LogP contribution in [0.25, 0.3) is 0 Å². The predicted octanol–water partition coefficient (Wildman–Crippen LogP) is 1.72. The van der Waals surface area contributed by atoms with E-state index >= 15 is 0 Å². The SMILES string of the molecule is Cc1cc(C(=O)CCC(=O)NCC(=O)NC2CC2)c(C)s1. The van der Waals surface area contributed by atoms with E-state index in [1.807, 2.05) is 19.9 Å². The van der Waals surface area contributed by atoms with Gasteiger partial charge in [-0.1, -0.05) is 0 Å². The van der Waals surface area contributed by atoms with Gasteiger partial charge in [-0.3, -0.25) is 14.4 Å². The molecule has 114 valence electrons. The van der Waals surface area contributed by atoms with Crippen molar-refractivity contribution in [3.8, 4) is 0 Å². The zero-order chi connectivity index (χ0) is 15.4. The first-order chi connectivity index (χ1) is 9.95. The Morgan fingerprint density at radius 2 is 1.90 bits per heavy atom. The van der Waals surface area contributed by atoms with Crippen molar-refractivity contribution in [2.75, 3.05) is 6.54 Å². The van der Waals surface area contributed by atoms with Crippen molar-refractivity contribution in [1.82, 2.24) is 10.6 Å². The number of carbonyl (C=O) groups is 3. The number of thiophene rings is 1. The number of hydrogen-bond acceptors (Lipinski definition) is 4. The highest BCUT2D eigenvalue weighted by atomic mass is 32.1. The second-order valence-electron chi connectivity index (χ2n) is 5.37. The molecule has 21 heavy (non-hydrogen) atoms. The van der Waals surface area contributed by atoms with Crippen LogP contribution in [0.5, 0.6) is 0 Å². The number of carbonyl (C=O) groups excluding carboxylic acids is 3. The molecule has 1 saturated carbocycles. The third kappa shape index (κ3) is 4.97. The first-order valence-electron chi connectivity index (χ1n) is 7.12. The number of ketones is 1. The van der Waals surface area contributed by atoms with Gasteiger partial charge in [0, 0.05) is 34.2 Å². The van der Waals surface area contributed by atoms with Gasteiger partial charge in [0.15, 0.2) is 5.78 Å². The summed E-state index contributed by atoms with van der Waals surface area (Å²) in [5.41, 5.74) is 0.705. The monoisotopic (exact) mass is 308 g/mol. The molecule has 2 rings (SSSR count). The first kappa shape index (κ1) is 15.7. The molecule has 1 heterocycles. The minimum Gasteiger partial charge on any atom is -0.352 e. The topological polar surface area (TPSA) is 75.3 Å². The van der Waals surface area contributed by atoms with Crippen LogP contribution < -0.4 is 10.6 Å². The van der Waals surface area contributed by atoms with Crippen molar-refractivity contribution in [3.63, 3.8) is 0 Å². The fourth-order valence-corrected chi connectivity index (χ4v) is 2.99. The molecule has 2 N–H and O–H groups in total. The minimum absolute atomic E-state index is 0.0138. The molecular formula is C15H20N2O3S. The van der Waals surface area contributed by atoms with Crippen molar-refractivity contribution in [2.24, 2.45) is 0 Å². The fourth-order valence-electron chi connectivity index (χ4n) is 2.04. The van der Waals surface area contributed by atoms with Gasteiger partial charge in [0.25, 0.3) is 0 Å². The maximum atomic E-state index is 12.0. The highest BCUT2D eigenvalue weighted by Crippen LogP contribution is 2.22. The van der Waals surface area contributed by atoms with Crippen molar-refractivity contribution in [1.29, 1.82) is 0 Å². The average molecular weight is 308 g/mol. The van der Waals surface area contributed by atoms with Crippen LogP contribution >= 0.6 is 11.3 Å². The normalized spacial score (nSPS) is 13.8. The molecule has 0 atom stereocenters. The van der Waals surface area contributed by atoms with E-state index in [0.717, 1.165) is 22.6 Å². The lowest BCUT2D eigenvalue weighted by molar-refractivity contribution is -0.126. The van der Waals surface area contributed by atoms with Crippen LogP contribution in [0.15, 0.2) is 6.07 Å². The Kier molecular flexibility index (Phi) is 5.12. The van der Waals surface area contributed by atoms with Crippen molar-refractivity contribution in [3.05, 3.63) is 21.4 Å². The van der Waals surface area contributed by atoms with Crippen LogP contribution in [0.1, 0.15) is 45.8 Å². The summed E-state index contributed by atoms with van der Waals surface area (Å²) in [5, 5.41) is 5.33. The highest BCUT2D eigenvalue weighted by Gasteiger charge is 2.23. The lowest BCUT2D eigenvalue weighted by Crippen LogP contribution is -2.37. The molecule has 0 saturated heterocycles. The van der Waals surface area contributed by atoms with Crippen LogP contribution in [-0.2, 0) is 9.59 Å². The molecule has 0 aliphatic heterocycles. The summed E-state index contributed by atoms with van der Waals surface area (Å²) in [6.07, 6.45) is 2.33. The Morgan fingerprint density at radius 3 is 2.48 bits per heavy atom. The molecule has 1 fully saturated rings. The highest BCUT2D eigenvalue weighted by molar-refractivity contribution is 7.12. The van der Waals surface area contributed by atoms with Gasteiger partial charge in [-0.2, -0.15) is 0 Å². The summed E-state index contributed by atoms with van der Waals surface area (Å²) in [6.45, 7) is 3.85. The summed E-state index contributed by atoms with van der Waals surface area (Å²) in [7, 11) is 0. The number of aryl methyl sites for hydroxylation is 2. The lowest BCUT2D eigenvalue weighted by atomic mass is 10.1. The van der Waals surface area contributed by atoms with Gasteiger partial charge in [-0.25, -0.2) is 0 Å². The maximum absolute atomic E-state index is 12.0. The Labute approximate surface area is 128 Å². The van der Waals surface area contributed by atoms with E-state index in [4.69, 9.17) is 0 Å². The standard InChI is InChI=1S/C15H20N2O3S/c1-9-7-12(10(2)21-9)13(18)5-6-14(19)16-8-15(20)17-11-3-4-11/h7,11H,3-6,8H2,1-2H3,(H,16,19)(H,17,20). The number of Topliss-reactive ketones (excluding diaryl/α,β-unsaturated/α-hetero) is 1. The van der Waals surface area contributed by atoms with Crippen LogP contribution in [0.2, 0.25) is 0 Å². The Bertz CT molecular complexity index is 561. The van der Waals surface area contributed by atoms with Crippen LogP contribution in [0.4, 0.5) is 0 Å². The number of nitrogens with one attached hydrogen (secondary N) is 2. The molecule has 1 aliphatic carbocycles. The molecule has 0 aromatic carbocycles. The smallest absolute Gasteiger partial charge is 0.239 e.